The van der Waals surface area contributed by atoms with Gasteiger partial charge in [-0.3, -0.25) is 0 Å². The average molecular weight is 298 g/mol. The smallest absolute Gasteiger partial charge is 0.148 e. The van der Waals surface area contributed by atoms with Gasteiger partial charge in [0, 0.05) is 16.3 Å². The Kier molecular flexibility index (Phi) is 4.95. The van der Waals surface area contributed by atoms with E-state index in [-0.39, 0.29) is 5.41 Å². The summed E-state index contributed by atoms with van der Waals surface area (Å²) in [4.78, 5) is 5.05. The summed E-state index contributed by atoms with van der Waals surface area (Å²) in [5.74, 6) is 0. The molecule has 1 nitrogen and oxygen atoms in total. The van der Waals surface area contributed by atoms with Gasteiger partial charge in [-0.15, -0.1) is 11.3 Å². The molecule has 2 rings (SSSR count). The quantitative estimate of drug-likeness (QED) is 0.766. The molecule has 0 spiro atoms. The lowest BCUT2D eigenvalue weighted by molar-refractivity contribution is 0.403. The molecule has 111 valence electrons. The summed E-state index contributed by atoms with van der Waals surface area (Å²) in [6, 6.07) is 11.3. The standard InChI is InChI=1S/C18H25BNS/c1-18(2,3)17-10-9-16(21-17)15-8-7-14(19-4)11-13(15)12-20(5)6/h7-11H,12H2,1-6H3. The van der Waals surface area contributed by atoms with Gasteiger partial charge in [0.2, 0.25) is 0 Å². The van der Waals surface area contributed by atoms with E-state index in [4.69, 9.17) is 0 Å². The third kappa shape index (κ3) is 3.99. The minimum Gasteiger partial charge on any atom is -0.305 e. The predicted octanol–water partition coefficient (Wildman–Crippen LogP) is 4.15. The molecule has 0 aliphatic carbocycles. The summed E-state index contributed by atoms with van der Waals surface area (Å²) in [5, 5.41) is 0. The summed E-state index contributed by atoms with van der Waals surface area (Å²) in [7, 11) is 6.42. The Labute approximate surface area is 134 Å². The third-order valence-corrected chi connectivity index (χ3v) is 5.10. The van der Waals surface area contributed by atoms with Gasteiger partial charge in [0.05, 0.1) is 0 Å². The van der Waals surface area contributed by atoms with Gasteiger partial charge >= 0.3 is 0 Å². The first-order chi connectivity index (χ1) is 9.81. The largest absolute Gasteiger partial charge is 0.305 e. The molecule has 0 aliphatic rings. The summed E-state index contributed by atoms with van der Waals surface area (Å²) < 4.78 is 0. The second-order valence-corrected chi connectivity index (χ2v) is 7.94. The van der Waals surface area contributed by atoms with Gasteiger partial charge in [-0.1, -0.05) is 51.3 Å². The van der Waals surface area contributed by atoms with Crippen molar-refractivity contribution in [2.24, 2.45) is 0 Å². The Morgan fingerprint density at radius 1 is 1.10 bits per heavy atom. The molecule has 1 heterocycles. The lowest BCUT2D eigenvalue weighted by atomic mass is 9.72. The van der Waals surface area contributed by atoms with Crippen molar-refractivity contribution in [2.75, 3.05) is 14.1 Å². The van der Waals surface area contributed by atoms with Crippen LogP contribution in [-0.4, -0.2) is 26.3 Å². The lowest BCUT2D eigenvalue weighted by Crippen LogP contribution is -2.16. The van der Waals surface area contributed by atoms with Crippen molar-refractivity contribution >= 4 is 24.1 Å². The first-order valence-electron chi connectivity index (χ1n) is 7.49. The maximum atomic E-state index is 2.31. The van der Waals surface area contributed by atoms with Gasteiger partial charge in [-0.05, 0) is 42.8 Å². The molecule has 0 N–H and O–H groups in total. The molecule has 0 atom stereocenters. The Balaban J connectivity index is 2.45. The van der Waals surface area contributed by atoms with Crippen LogP contribution in [0.1, 0.15) is 31.2 Å². The number of hydrogen-bond acceptors (Lipinski definition) is 2. The van der Waals surface area contributed by atoms with Crippen LogP contribution in [0.15, 0.2) is 30.3 Å². The van der Waals surface area contributed by atoms with Gasteiger partial charge in [0.25, 0.3) is 0 Å². The van der Waals surface area contributed by atoms with Crippen molar-refractivity contribution in [1.82, 2.24) is 4.90 Å². The van der Waals surface area contributed by atoms with E-state index in [2.05, 4.69) is 84.2 Å². The van der Waals surface area contributed by atoms with Crippen LogP contribution in [0.25, 0.3) is 10.4 Å². The van der Waals surface area contributed by atoms with E-state index < -0.39 is 0 Å². The number of nitrogens with zero attached hydrogens (tertiary/aromatic N) is 1. The zero-order chi connectivity index (χ0) is 15.6. The van der Waals surface area contributed by atoms with Crippen LogP contribution in [0.2, 0.25) is 6.82 Å². The summed E-state index contributed by atoms with van der Waals surface area (Å²) in [6.07, 6.45) is 0. The first kappa shape index (κ1) is 16.3. The Morgan fingerprint density at radius 3 is 2.33 bits per heavy atom. The van der Waals surface area contributed by atoms with Crippen molar-refractivity contribution in [3.8, 4) is 10.4 Å². The number of benzene rings is 1. The second kappa shape index (κ2) is 6.37. The van der Waals surface area contributed by atoms with Gasteiger partial charge in [-0.2, -0.15) is 0 Å². The van der Waals surface area contributed by atoms with Crippen molar-refractivity contribution in [3.63, 3.8) is 0 Å². The minimum absolute atomic E-state index is 0.224. The van der Waals surface area contributed by atoms with E-state index in [9.17, 15) is 0 Å². The molecule has 1 aromatic heterocycles. The summed E-state index contributed by atoms with van der Waals surface area (Å²) in [5.41, 5.74) is 4.29. The molecule has 0 unspecified atom stereocenters. The van der Waals surface area contributed by atoms with E-state index in [1.165, 1.54) is 26.3 Å². The Hall–Kier alpha value is -1.06. The van der Waals surface area contributed by atoms with E-state index in [1.54, 1.807) is 0 Å². The molecular formula is C18H25BNS. The van der Waals surface area contributed by atoms with E-state index in [0.717, 1.165) is 6.54 Å². The maximum Gasteiger partial charge on any atom is 0.148 e. The fourth-order valence-electron chi connectivity index (χ4n) is 2.39. The van der Waals surface area contributed by atoms with Gasteiger partial charge in [-0.25, -0.2) is 0 Å². The summed E-state index contributed by atoms with van der Waals surface area (Å²) in [6.45, 7) is 9.90. The van der Waals surface area contributed by atoms with Crippen LogP contribution in [0.5, 0.6) is 0 Å². The van der Waals surface area contributed by atoms with Crippen LogP contribution in [0.3, 0.4) is 0 Å². The van der Waals surface area contributed by atoms with Crippen LogP contribution in [0.4, 0.5) is 0 Å². The van der Waals surface area contributed by atoms with E-state index >= 15 is 0 Å². The fraction of sp³-hybridized carbons (Fsp3) is 0.444. The molecule has 1 aromatic carbocycles. The molecule has 0 saturated heterocycles. The topological polar surface area (TPSA) is 3.24 Å². The van der Waals surface area contributed by atoms with Crippen LogP contribution < -0.4 is 5.46 Å². The van der Waals surface area contributed by atoms with Crippen molar-refractivity contribution in [2.45, 2.75) is 39.6 Å². The van der Waals surface area contributed by atoms with E-state index in [1.807, 2.05) is 11.3 Å². The van der Waals surface area contributed by atoms with Gasteiger partial charge in [0.1, 0.15) is 7.28 Å². The average Bonchev–Trinajstić information content (AvgIpc) is 2.87. The monoisotopic (exact) mass is 298 g/mol. The zero-order valence-electron chi connectivity index (χ0n) is 14.0. The highest BCUT2D eigenvalue weighted by molar-refractivity contribution is 7.15. The Morgan fingerprint density at radius 2 is 1.81 bits per heavy atom. The zero-order valence-corrected chi connectivity index (χ0v) is 14.8. The van der Waals surface area contributed by atoms with Crippen LogP contribution >= 0.6 is 11.3 Å². The number of rotatable bonds is 4. The molecule has 0 aliphatic heterocycles. The van der Waals surface area contributed by atoms with Crippen molar-refractivity contribution in [3.05, 3.63) is 40.8 Å². The fourth-order valence-corrected chi connectivity index (χ4v) is 3.52. The SMILES string of the molecule is C[B]c1ccc(-c2ccc(C(C)(C)C)s2)c(CN(C)C)c1. The lowest BCUT2D eigenvalue weighted by Gasteiger charge is -2.16. The normalized spacial score (nSPS) is 12.0. The summed E-state index contributed by atoms with van der Waals surface area (Å²) >= 11 is 1.92. The molecule has 0 saturated carbocycles. The molecule has 0 fully saturated rings. The number of hydrogen-bond donors (Lipinski definition) is 0. The molecule has 1 radical (unpaired) electrons. The maximum absolute atomic E-state index is 2.31. The molecule has 0 amide bonds. The van der Waals surface area contributed by atoms with E-state index in [0.29, 0.717) is 0 Å². The van der Waals surface area contributed by atoms with Crippen molar-refractivity contribution in [1.29, 1.82) is 0 Å². The first-order valence-corrected chi connectivity index (χ1v) is 8.30. The third-order valence-electron chi connectivity index (χ3n) is 3.56. The number of thiophene rings is 1. The molecule has 3 heteroatoms. The Bertz CT molecular complexity index is 608. The highest BCUT2D eigenvalue weighted by Crippen LogP contribution is 2.36. The van der Waals surface area contributed by atoms with Gasteiger partial charge < -0.3 is 4.90 Å². The molecular weight excluding hydrogens is 273 g/mol. The van der Waals surface area contributed by atoms with Crippen molar-refractivity contribution < 1.29 is 0 Å². The molecule has 0 bridgehead atoms. The molecule has 2 aromatic rings. The molecule has 21 heavy (non-hydrogen) atoms. The predicted molar refractivity (Wildman–Crippen MR) is 97.1 cm³/mol. The minimum atomic E-state index is 0.224. The highest BCUT2D eigenvalue weighted by Gasteiger charge is 2.17. The van der Waals surface area contributed by atoms with Crippen LogP contribution in [-0.2, 0) is 12.0 Å². The second-order valence-electron chi connectivity index (χ2n) is 6.86. The van der Waals surface area contributed by atoms with Gasteiger partial charge in [0.15, 0.2) is 0 Å². The van der Waals surface area contributed by atoms with Crippen LogP contribution in [0, 0.1) is 0 Å². The highest BCUT2D eigenvalue weighted by atomic mass is 32.1.